The monoisotopic (exact) mass is 349 g/mol. The summed E-state index contributed by atoms with van der Waals surface area (Å²) in [5.41, 5.74) is 4.29. The highest BCUT2D eigenvalue weighted by Gasteiger charge is 2.39. The van der Waals surface area contributed by atoms with Crippen molar-refractivity contribution in [2.75, 3.05) is 26.2 Å². The second kappa shape index (κ2) is 6.71. The molecule has 3 aliphatic heterocycles. The predicted molar refractivity (Wildman–Crippen MR) is 103 cm³/mol. The highest BCUT2D eigenvalue weighted by Crippen LogP contribution is 2.39. The summed E-state index contributed by atoms with van der Waals surface area (Å²) >= 11 is 0. The molecular weight excluding hydrogens is 322 g/mol. The topological polar surface area (TPSA) is 21.7 Å². The van der Waals surface area contributed by atoms with Gasteiger partial charge >= 0.3 is 0 Å². The van der Waals surface area contributed by atoms with E-state index in [0.29, 0.717) is 5.92 Å². The maximum Gasteiger partial charge on any atom is 0.123 e. The summed E-state index contributed by atoms with van der Waals surface area (Å²) < 4.78 is 12.4. The van der Waals surface area contributed by atoms with Crippen molar-refractivity contribution in [2.24, 2.45) is 0 Å². The number of hydrogen-bond donors (Lipinski definition) is 0. The van der Waals surface area contributed by atoms with Gasteiger partial charge in [-0.1, -0.05) is 42.5 Å². The van der Waals surface area contributed by atoms with Crippen molar-refractivity contribution in [1.29, 1.82) is 0 Å². The summed E-state index contributed by atoms with van der Waals surface area (Å²) in [5, 5.41) is 0. The molecule has 1 atom stereocenters. The summed E-state index contributed by atoms with van der Waals surface area (Å²) in [5.74, 6) is 1.61. The molecule has 1 saturated heterocycles. The number of fused-ring (bicyclic) bond motifs is 2. The van der Waals surface area contributed by atoms with Crippen molar-refractivity contribution in [3.05, 3.63) is 65.2 Å². The van der Waals surface area contributed by atoms with Crippen LogP contribution >= 0.6 is 0 Å². The Labute approximate surface area is 155 Å². The quantitative estimate of drug-likeness (QED) is 0.813. The molecule has 0 radical (unpaired) electrons. The third kappa shape index (κ3) is 3.04. The fourth-order valence-electron chi connectivity index (χ4n) is 4.88. The number of ether oxygens (including phenoxy) is 2. The number of likely N-dealkylation sites (tertiary alicyclic amines) is 1. The number of hydrogen-bond acceptors (Lipinski definition) is 3. The third-order valence-corrected chi connectivity index (χ3v) is 6.47. The number of piperidine rings is 1. The first-order valence-corrected chi connectivity index (χ1v) is 9.96. The first-order valence-electron chi connectivity index (χ1n) is 9.96. The molecule has 0 saturated carbocycles. The van der Waals surface area contributed by atoms with Crippen LogP contribution < -0.4 is 4.74 Å². The van der Waals surface area contributed by atoms with Crippen molar-refractivity contribution < 1.29 is 9.47 Å². The van der Waals surface area contributed by atoms with E-state index in [1.54, 1.807) is 0 Å². The molecule has 0 aromatic heterocycles. The van der Waals surface area contributed by atoms with Gasteiger partial charge in [0.05, 0.1) is 13.2 Å². The largest absolute Gasteiger partial charge is 0.487 e. The molecule has 1 fully saturated rings. The van der Waals surface area contributed by atoms with Gasteiger partial charge in [-0.2, -0.15) is 0 Å². The second-order valence-corrected chi connectivity index (χ2v) is 8.10. The summed E-state index contributed by atoms with van der Waals surface area (Å²) in [4.78, 5) is 2.62. The molecule has 0 amide bonds. The van der Waals surface area contributed by atoms with Gasteiger partial charge in [0.15, 0.2) is 0 Å². The van der Waals surface area contributed by atoms with Gasteiger partial charge in [-0.3, -0.25) is 0 Å². The molecule has 1 unspecified atom stereocenters. The smallest absolute Gasteiger partial charge is 0.123 e. The highest BCUT2D eigenvalue weighted by molar-refractivity contribution is 5.36. The number of rotatable bonds is 2. The van der Waals surface area contributed by atoms with E-state index >= 15 is 0 Å². The van der Waals surface area contributed by atoms with Crippen LogP contribution in [0.1, 0.15) is 41.9 Å². The molecule has 0 bridgehead atoms. The number of benzene rings is 2. The van der Waals surface area contributed by atoms with E-state index in [9.17, 15) is 0 Å². The van der Waals surface area contributed by atoms with Gasteiger partial charge in [0.2, 0.25) is 0 Å². The molecule has 3 heteroatoms. The minimum absolute atomic E-state index is 0.0613. The van der Waals surface area contributed by atoms with Gasteiger partial charge in [-0.05, 0) is 48.4 Å². The molecular formula is C23H27NO2. The number of nitrogens with zero attached hydrogens (tertiary/aromatic N) is 1. The van der Waals surface area contributed by atoms with Crippen LogP contribution in [0, 0.1) is 0 Å². The molecule has 2 aromatic rings. The van der Waals surface area contributed by atoms with Crippen LogP contribution in [-0.2, 0) is 17.8 Å². The second-order valence-electron chi connectivity index (χ2n) is 8.10. The molecule has 5 rings (SSSR count). The zero-order valence-corrected chi connectivity index (χ0v) is 15.3. The lowest BCUT2D eigenvalue weighted by atomic mass is 9.82. The van der Waals surface area contributed by atoms with E-state index < -0.39 is 0 Å². The normalized spacial score (nSPS) is 24.5. The summed E-state index contributed by atoms with van der Waals surface area (Å²) in [6.07, 6.45) is 4.58. The van der Waals surface area contributed by atoms with Crippen LogP contribution in [0.3, 0.4) is 0 Å². The zero-order valence-electron chi connectivity index (χ0n) is 15.3. The number of aryl methyl sites for hydroxylation is 1. The Morgan fingerprint density at radius 3 is 2.58 bits per heavy atom. The van der Waals surface area contributed by atoms with Crippen LogP contribution in [0.15, 0.2) is 48.5 Å². The van der Waals surface area contributed by atoms with Crippen molar-refractivity contribution in [2.45, 2.75) is 43.8 Å². The molecule has 3 aliphatic rings. The maximum absolute atomic E-state index is 6.50. The van der Waals surface area contributed by atoms with E-state index in [4.69, 9.17) is 9.47 Å². The average molecular weight is 349 g/mol. The SMILES string of the molecule is c1ccc2c(c1)CCC1(CCN(CC3COCc4ccccc43)CC1)O2. The first-order chi connectivity index (χ1) is 12.8. The van der Waals surface area contributed by atoms with Crippen molar-refractivity contribution >= 4 is 0 Å². The first kappa shape index (κ1) is 16.3. The fourth-order valence-corrected chi connectivity index (χ4v) is 4.88. The summed E-state index contributed by atoms with van der Waals surface area (Å²) in [7, 11) is 0. The van der Waals surface area contributed by atoms with Gasteiger partial charge < -0.3 is 14.4 Å². The Balaban J connectivity index is 1.23. The predicted octanol–water partition coefficient (Wildman–Crippen LogP) is 4.16. The summed E-state index contributed by atoms with van der Waals surface area (Å²) in [6.45, 7) is 4.97. The van der Waals surface area contributed by atoms with Crippen LogP contribution in [0.2, 0.25) is 0 Å². The Kier molecular flexibility index (Phi) is 4.22. The van der Waals surface area contributed by atoms with Gasteiger partial charge in [0.1, 0.15) is 11.4 Å². The Bertz CT molecular complexity index is 779. The van der Waals surface area contributed by atoms with Crippen LogP contribution in [0.25, 0.3) is 0 Å². The van der Waals surface area contributed by atoms with E-state index in [2.05, 4.69) is 53.4 Å². The number of para-hydroxylation sites is 1. The zero-order chi connectivity index (χ0) is 17.4. The molecule has 3 nitrogen and oxygen atoms in total. The van der Waals surface area contributed by atoms with E-state index in [1.165, 1.54) is 16.7 Å². The molecule has 136 valence electrons. The van der Waals surface area contributed by atoms with Crippen LogP contribution in [-0.4, -0.2) is 36.7 Å². The fraction of sp³-hybridized carbons (Fsp3) is 0.478. The van der Waals surface area contributed by atoms with Crippen LogP contribution in [0.5, 0.6) is 5.75 Å². The summed E-state index contributed by atoms with van der Waals surface area (Å²) in [6, 6.07) is 17.3. The molecule has 26 heavy (non-hydrogen) atoms. The van der Waals surface area contributed by atoms with Gasteiger partial charge in [0, 0.05) is 25.6 Å². The van der Waals surface area contributed by atoms with Gasteiger partial charge in [0.25, 0.3) is 0 Å². The van der Waals surface area contributed by atoms with E-state index in [1.807, 2.05) is 0 Å². The standard InChI is InChI=1S/C23H27NO2/c1-3-7-21-19(6-1)16-25-17-20(21)15-24-13-11-23(12-14-24)10-9-18-5-2-4-8-22(18)26-23/h1-8,20H,9-17H2. The van der Waals surface area contributed by atoms with Crippen LogP contribution in [0.4, 0.5) is 0 Å². The Hall–Kier alpha value is -1.84. The maximum atomic E-state index is 6.50. The minimum atomic E-state index is 0.0613. The molecule has 0 N–H and O–H groups in total. The third-order valence-electron chi connectivity index (χ3n) is 6.47. The Morgan fingerprint density at radius 1 is 0.923 bits per heavy atom. The molecule has 2 aromatic carbocycles. The minimum Gasteiger partial charge on any atom is -0.487 e. The molecule has 1 spiro atoms. The van der Waals surface area contributed by atoms with E-state index in [0.717, 1.165) is 64.3 Å². The van der Waals surface area contributed by atoms with Crippen molar-refractivity contribution in [1.82, 2.24) is 4.90 Å². The highest BCUT2D eigenvalue weighted by atomic mass is 16.5. The average Bonchev–Trinajstić information content (AvgIpc) is 2.70. The molecule has 3 heterocycles. The molecule has 0 aliphatic carbocycles. The Morgan fingerprint density at radius 2 is 1.69 bits per heavy atom. The lowest BCUT2D eigenvalue weighted by Gasteiger charge is -2.45. The van der Waals surface area contributed by atoms with Gasteiger partial charge in [-0.15, -0.1) is 0 Å². The van der Waals surface area contributed by atoms with Crippen molar-refractivity contribution in [3.63, 3.8) is 0 Å². The lowest BCUT2D eigenvalue weighted by Crippen LogP contribution is -2.50. The van der Waals surface area contributed by atoms with Crippen molar-refractivity contribution in [3.8, 4) is 5.75 Å². The lowest BCUT2D eigenvalue weighted by molar-refractivity contribution is -0.0191. The van der Waals surface area contributed by atoms with Gasteiger partial charge in [-0.25, -0.2) is 0 Å². The van der Waals surface area contributed by atoms with E-state index in [-0.39, 0.29) is 5.60 Å².